The molecule has 1 rings (SSSR count). The van der Waals surface area contributed by atoms with E-state index in [1.165, 1.54) is 12.8 Å². The quantitative estimate of drug-likeness (QED) is 0.649. The van der Waals surface area contributed by atoms with Crippen LogP contribution in [-0.4, -0.2) is 26.0 Å². The molecule has 0 aromatic rings. The Balaban J connectivity index is 2.05. The summed E-state index contributed by atoms with van der Waals surface area (Å²) in [4.78, 5) is 0. The topological polar surface area (TPSA) is 60.2 Å². The summed E-state index contributed by atoms with van der Waals surface area (Å²) in [7, 11) is -2.78. The summed E-state index contributed by atoms with van der Waals surface area (Å²) in [6, 6.07) is 0.318. The van der Waals surface area contributed by atoms with Crippen LogP contribution in [-0.2, 0) is 9.84 Å². The maximum atomic E-state index is 11.4. The largest absolute Gasteiger partial charge is 0.327 e. The van der Waals surface area contributed by atoms with Gasteiger partial charge in [-0.2, -0.15) is 0 Å². The van der Waals surface area contributed by atoms with Crippen LogP contribution >= 0.6 is 0 Å². The molecule has 1 atom stereocenters. The maximum absolute atomic E-state index is 11.4. The predicted molar refractivity (Wildman–Crippen MR) is 63.5 cm³/mol. The molecule has 1 aliphatic carbocycles. The molecule has 0 bridgehead atoms. The zero-order valence-corrected chi connectivity index (χ0v) is 10.4. The van der Waals surface area contributed by atoms with Crippen molar-refractivity contribution < 1.29 is 8.42 Å². The summed E-state index contributed by atoms with van der Waals surface area (Å²) in [5.74, 6) is 1.41. The molecule has 0 heterocycles. The molecule has 0 aliphatic heterocycles. The third-order valence-corrected chi connectivity index (χ3v) is 4.93. The molecular formula is C11H23NO2S. The summed E-state index contributed by atoms with van der Waals surface area (Å²) in [5.41, 5.74) is 5.94. The van der Waals surface area contributed by atoms with Crippen molar-refractivity contribution in [2.45, 2.75) is 51.5 Å². The van der Waals surface area contributed by atoms with Gasteiger partial charge < -0.3 is 5.73 Å². The molecule has 4 heteroatoms. The van der Waals surface area contributed by atoms with Crippen molar-refractivity contribution in [2.24, 2.45) is 11.7 Å². The molecule has 90 valence electrons. The number of hydrogen-bond acceptors (Lipinski definition) is 3. The Hall–Kier alpha value is -0.0900. The second kappa shape index (κ2) is 5.85. The van der Waals surface area contributed by atoms with Gasteiger partial charge >= 0.3 is 0 Å². The smallest absolute Gasteiger partial charge is 0.150 e. The van der Waals surface area contributed by atoms with Gasteiger partial charge in [-0.25, -0.2) is 8.42 Å². The molecule has 3 nitrogen and oxygen atoms in total. The minimum atomic E-state index is -2.78. The minimum Gasteiger partial charge on any atom is -0.327 e. The number of unbranched alkanes of at least 4 members (excludes halogenated alkanes) is 1. The van der Waals surface area contributed by atoms with Crippen molar-refractivity contribution in [2.75, 3.05) is 11.5 Å². The van der Waals surface area contributed by atoms with Crippen molar-refractivity contribution in [3.8, 4) is 0 Å². The lowest BCUT2D eigenvalue weighted by molar-refractivity contribution is 0.521. The zero-order chi connectivity index (χ0) is 11.3. The second-order valence-electron chi connectivity index (χ2n) is 4.65. The molecule has 0 aromatic carbocycles. The first-order valence-electron chi connectivity index (χ1n) is 6.01. The normalized spacial score (nSPS) is 19.1. The van der Waals surface area contributed by atoms with Gasteiger partial charge in [0, 0.05) is 11.8 Å². The molecule has 1 fully saturated rings. The third-order valence-electron chi connectivity index (χ3n) is 2.99. The first-order chi connectivity index (χ1) is 7.05. The maximum Gasteiger partial charge on any atom is 0.150 e. The van der Waals surface area contributed by atoms with Crippen LogP contribution in [0.25, 0.3) is 0 Å². The van der Waals surface area contributed by atoms with Crippen LogP contribution in [0.3, 0.4) is 0 Å². The average molecular weight is 233 g/mol. The lowest BCUT2D eigenvalue weighted by atomic mass is 10.1. The SMILES string of the molecule is CCCS(=O)(=O)CCCCC(N)C1CC1. The van der Waals surface area contributed by atoms with E-state index in [0.717, 1.165) is 31.6 Å². The van der Waals surface area contributed by atoms with Crippen LogP contribution in [0.15, 0.2) is 0 Å². The van der Waals surface area contributed by atoms with Gasteiger partial charge in [0.05, 0.1) is 5.75 Å². The van der Waals surface area contributed by atoms with Crippen molar-refractivity contribution in [3.05, 3.63) is 0 Å². The Morgan fingerprint density at radius 2 is 1.93 bits per heavy atom. The molecule has 15 heavy (non-hydrogen) atoms. The molecule has 1 saturated carbocycles. The highest BCUT2D eigenvalue weighted by atomic mass is 32.2. The van der Waals surface area contributed by atoms with Crippen molar-refractivity contribution in [1.29, 1.82) is 0 Å². The zero-order valence-electron chi connectivity index (χ0n) is 9.61. The summed E-state index contributed by atoms with van der Waals surface area (Å²) < 4.78 is 22.8. The highest BCUT2D eigenvalue weighted by molar-refractivity contribution is 7.91. The van der Waals surface area contributed by atoms with Crippen LogP contribution in [0.4, 0.5) is 0 Å². The third kappa shape index (κ3) is 5.52. The van der Waals surface area contributed by atoms with E-state index in [1.54, 1.807) is 0 Å². The molecule has 0 aromatic heterocycles. The molecule has 1 unspecified atom stereocenters. The Morgan fingerprint density at radius 1 is 1.27 bits per heavy atom. The van der Waals surface area contributed by atoms with E-state index in [-0.39, 0.29) is 0 Å². The van der Waals surface area contributed by atoms with Crippen LogP contribution in [0.5, 0.6) is 0 Å². The van der Waals surface area contributed by atoms with Crippen LogP contribution < -0.4 is 5.73 Å². The summed E-state index contributed by atoms with van der Waals surface area (Å²) >= 11 is 0. The van der Waals surface area contributed by atoms with E-state index in [0.29, 0.717) is 17.5 Å². The van der Waals surface area contributed by atoms with Gasteiger partial charge in [-0.1, -0.05) is 13.3 Å². The van der Waals surface area contributed by atoms with Gasteiger partial charge in [0.15, 0.2) is 0 Å². The van der Waals surface area contributed by atoms with Gasteiger partial charge in [0.25, 0.3) is 0 Å². The average Bonchev–Trinajstić information content (AvgIpc) is 2.95. The fourth-order valence-corrected chi connectivity index (χ4v) is 3.35. The Kier molecular flexibility index (Phi) is 5.06. The van der Waals surface area contributed by atoms with E-state index in [9.17, 15) is 8.42 Å². The summed E-state index contributed by atoms with van der Waals surface area (Å²) in [5, 5.41) is 0. The Bertz CT molecular complexity index is 270. The first kappa shape index (κ1) is 13.0. The van der Waals surface area contributed by atoms with E-state index < -0.39 is 9.84 Å². The standard InChI is InChI=1S/C11H23NO2S/c1-2-8-15(13,14)9-4-3-5-11(12)10-6-7-10/h10-11H,2-9,12H2,1H3. The lowest BCUT2D eigenvalue weighted by Gasteiger charge is -2.09. The molecular weight excluding hydrogens is 210 g/mol. The Morgan fingerprint density at radius 3 is 2.47 bits per heavy atom. The highest BCUT2D eigenvalue weighted by Gasteiger charge is 2.27. The summed E-state index contributed by atoms with van der Waals surface area (Å²) in [6.07, 6.45) is 6.00. The second-order valence-corrected chi connectivity index (χ2v) is 6.95. The van der Waals surface area contributed by atoms with Crippen molar-refractivity contribution in [3.63, 3.8) is 0 Å². The van der Waals surface area contributed by atoms with Gasteiger partial charge in [-0.3, -0.25) is 0 Å². The minimum absolute atomic E-state index is 0.318. The van der Waals surface area contributed by atoms with Gasteiger partial charge in [-0.05, 0) is 38.0 Å². The predicted octanol–water partition coefficient (Wildman–Crippen LogP) is 1.72. The van der Waals surface area contributed by atoms with Crippen LogP contribution in [0, 0.1) is 5.92 Å². The number of hydrogen-bond donors (Lipinski definition) is 1. The summed E-state index contributed by atoms with van der Waals surface area (Å²) in [6.45, 7) is 1.90. The first-order valence-corrected chi connectivity index (χ1v) is 7.83. The molecule has 1 aliphatic rings. The van der Waals surface area contributed by atoms with E-state index >= 15 is 0 Å². The van der Waals surface area contributed by atoms with E-state index in [4.69, 9.17) is 5.73 Å². The molecule has 2 N–H and O–H groups in total. The van der Waals surface area contributed by atoms with Crippen LogP contribution in [0.1, 0.15) is 45.4 Å². The number of sulfone groups is 1. The highest BCUT2D eigenvalue weighted by Crippen LogP contribution is 2.33. The fraction of sp³-hybridized carbons (Fsp3) is 1.00. The molecule has 0 saturated heterocycles. The lowest BCUT2D eigenvalue weighted by Crippen LogP contribution is -2.22. The van der Waals surface area contributed by atoms with Crippen molar-refractivity contribution in [1.82, 2.24) is 0 Å². The Labute approximate surface area is 93.3 Å². The molecule has 0 amide bonds. The number of nitrogens with two attached hydrogens (primary N) is 1. The fourth-order valence-electron chi connectivity index (χ4n) is 1.88. The van der Waals surface area contributed by atoms with Gasteiger partial charge in [-0.15, -0.1) is 0 Å². The van der Waals surface area contributed by atoms with E-state index in [1.807, 2.05) is 6.92 Å². The van der Waals surface area contributed by atoms with Gasteiger partial charge in [0.2, 0.25) is 0 Å². The van der Waals surface area contributed by atoms with E-state index in [2.05, 4.69) is 0 Å². The number of rotatable bonds is 8. The van der Waals surface area contributed by atoms with Gasteiger partial charge in [0.1, 0.15) is 9.84 Å². The molecule has 0 radical (unpaired) electrons. The molecule has 0 spiro atoms. The monoisotopic (exact) mass is 233 g/mol. The van der Waals surface area contributed by atoms with Crippen LogP contribution in [0.2, 0.25) is 0 Å². The van der Waals surface area contributed by atoms with Crippen molar-refractivity contribution >= 4 is 9.84 Å².